The molecule has 0 radical (unpaired) electrons. The number of nitrogens with one attached hydrogen (secondary N) is 4. The number of aliphatic imine (C=N–C) groups is 1. The summed E-state index contributed by atoms with van der Waals surface area (Å²) in [6.45, 7) is 2.37. The van der Waals surface area contributed by atoms with Crippen LogP contribution in [0.3, 0.4) is 0 Å². The number of aromatic nitrogens is 2. The highest BCUT2D eigenvalue weighted by molar-refractivity contribution is 6.06. The summed E-state index contributed by atoms with van der Waals surface area (Å²) in [6.07, 6.45) is 8.87. The number of hydrogen-bond acceptors (Lipinski definition) is 8. The molecule has 15 nitrogen and oxygen atoms in total. The van der Waals surface area contributed by atoms with Gasteiger partial charge in [0.2, 0.25) is 11.8 Å². The molecule has 5 aromatic rings. The van der Waals surface area contributed by atoms with Gasteiger partial charge in [0.1, 0.15) is 11.4 Å². The first-order valence-electron chi connectivity index (χ1n) is 19.4. The van der Waals surface area contributed by atoms with Crippen LogP contribution in [-0.4, -0.2) is 76.1 Å². The van der Waals surface area contributed by atoms with Crippen molar-refractivity contribution in [2.75, 3.05) is 41.5 Å². The van der Waals surface area contributed by atoms with Gasteiger partial charge < -0.3 is 44.8 Å². The Balaban J connectivity index is 0.892. The average Bonchev–Trinajstić information content (AvgIpc) is 3.76. The van der Waals surface area contributed by atoms with E-state index < -0.39 is 0 Å². The van der Waals surface area contributed by atoms with Gasteiger partial charge in [-0.05, 0) is 85.8 Å². The van der Waals surface area contributed by atoms with Gasteiger partial charge >= 0.3 is 0 Å². The quantitative estimate of drug-likeness (QED) is 0.0926. The molecule has 2 aliphatic heterocycles. The maximum atomic E-state index is 13.3. The van der Waals surface area contributed by atoms with Gasteiger partial charge in [-0.2, -0.15) is 0 Å². The molecule has 3 aromatic carbocycles. The predicted octanol–water partition coefficient (Wildman–Crippen LogP) is 7.01. The summed E-state index contributed by atoms with van der Waals surface area (Å²) < 4.78 is 14.9. The molecule has 0 saturated carbocycles. The molecule has 5 amide bonds. The topological polar surface area (TPSA) is 177 Å². The summed E-state index contributed by atoms with van der Waals surface area (Å²) in [5.74, 6) is -0.235. The molecule has 2 aliphatic rings. The van der Waals surface area contributed by atoms with Crippen molar-refractivity contribution < 1.29 is 33.4 Å². The normalized spacial score (nSPS) is 14.4. The van der Waals surface area contributed by atoms with E-state index in [1.54, 1.807) is 90.1 Å². The summed E-state index contributed by atoms with van der Waals surface area (Å²) in [5.41, 5.74) is 5.78. The SMILES string of the molecule is COc1cc2c(cc1OCCCC(=O)Nc1cc(C(=O)Nc3ccc(-c4cc(C(=O)Nc5ccc(NC(C)=O)cc5)n(C)c4)cc3)n(C)c1)N=C[C@@H]1CCCCN1C2=O. The third-order valence-electron chi connectivity index (χ3n) is 10.2. The first-order valence-corrected chi connectivity index (χ1v) is 19.4. The van der Waals surface area contributed by atoms with Crippen LogP contribution in [0, 0.1) is 0 Å². The Hall–Kier alpha value is -7.16. The highest BCUT2D eigenvalue weighted by Gasteiger charge is 2.31. The van der Waals surface area contributed by atoms with Gasteiger partial charge in [-0.1, -0.05) is 12.1 Å². The predicted molar refractivity (Wildman–Crippen MR) is 226 cm³/mol. The second-order valence-electron chi connectivity index (χ2n) is 14.6. The summed E-state index contributed by atoms with van der Waals surface area (Å²) in [4.78, 5) is 70.2. The zero-order valence-corrected chi connectivity index (χ0v) is 33.3. The molecule has 4 N–H and O–H groups in total. The zero-order chi connectivity index (χ0) is 41.6. The number of rotatable bonds is 13. The molecule has 0 aliphatic carbocycles. The summed E-state index contributed by atoms with van der Waals surface area (Å²) in [7, 11) is 5.03. The number of piperidine rings is 1. The maximum absolute atomic E-state index is 13.3. The maximum Gasteiger partial charge on any atom is 0.272 e. The van der Waals surface area contributed by atoms with Crippen LogP contribution in [0.4, 0.5) is 28.4 Å². The van der Waals surface area contributed by atoms with Gasteiger partial charge in [-0.3, -0.25) is 29.0 Å². The standard InChI is InChI=1S/C44H46N8O7/c1-27(53)46-30-14-16-32(17-15-30)49-42(55)37-20-29(25-50(37)2)28-10-12-31(13-11-28)48-43(56)38-21-33(26-51(38)3)47-41(54)9-7-19-59-40-23-36-35(22-39(40)58-4)44(57)52-18-6-5-8-34(52)24-45-36/h10-17,20-26,34H,5-9,18-19H2,1-4H3,(H,46,53)(H,47,54)(H,48,56)(H,49,55)/t34-/m0/s1. The zero-order valence-electron chi connectivity index (χ0n) is 33.3. The second-order valence-corrected chi connectivity index (χ2v) is 14.6. The fourth-order valence-electron chi connectivity index (χ4n) is 7.21. The molecule has 59 heavy (non-hydrogen) atoms. The number of benzene rings is 3. The average molecular weight is 799 g/mol. The molecule has 1 fully saturated rings. The molecule has 2 aromatic heterocycles. The summed E-state index contributed by atoms with van der Waals surface area (Å²) in [6, 6.07) is 20.9. The lowest BCUT2D eigenvalue weighted by Crippen LogP contribution is -2.43. The van der Waals surface area contributed by atoms with Crippen molar-refractivity contribution >= 4 is 64.2 Å². The highest BCUT2D eigenvalue weighted by atomic mass is 16.5. The Kier molecular flexibility index (Phi) is 11.9. The third kappa shape index (κ3) is 9.36. The Morgan fingerprint density at radius 1 is 0.746 bits per heavy atom. The van der Waals surface area contributed by atoms with Gasteiger partial charge in [0.15, 0.2) is 11.5 Å². The molecular formula is C44H46N8O7. The van der Waals surface area contributed by atoms with E-state index in [4.69, 9.17) is 9.47 Å². The van der Waals surface area contributed by atoms with E-state index in [0.29, 0.717) is 69.9 Å². The van der Waals surface area contributed by atoms with Crippen LogP contribution in [-0.2, 0) is 23.7 Å². The van der Waals surface area contributed by atoms with Gasteiger partial charge in [-0.25, -0.2) is 0 Å². The number of ether oxygens (including phenoxy) is 2. The minimum absolute atomic E-state index is 0.0121. The molecule has 1 atom stereocenters. The Bertz CT molecular complexity index is 2430. The fraction of sp³-hybridized carbons (Fsp3) is 0.273. The van der Waals surface area contributed by atoms with Crippen LogP contribution >= 0.6 is 0 Å². The van der Waals surface area contributed by atoms with E-state index in [2.05, 4.69) is 26.3 Å². The van der Waals surface area contributed by atoms with Crippen LogP contribution in [0.5, 0.6) is 11.5 Å². The van der Waals surface area contributed by atoms with Crippen LogP contribution in [0.1, 0.15) is 70.4 Å². The van der Waals surface area contributed by atoms with Crippen molar-refractivity contribution in [3.8, 4) is 22.6 Å². The molecular weight excluding hydrogens is 753 g/mol. The molecule has 304 valence electrons. The van der Waals surface area contributed by atoms with Crippen molar-refractivity contribution in [3.63, 3.8) is 0 Å². The van der Waals surface area contributed by atoms with E-state index >= 15 is 0 Å². The Morgan fingerprint density at radius 3 is 2.07 bits per heavy atom. The van der Waals surface area contributed by atoms with E-state index in [1.165, 1.54) is 14.0 Å². The third-order valence-corrected chi connectivity index (χ3v) is 10.2. The second kappa shape index (κ2) is 17.5. The first-order chi connectivity index (χ1) is 28.4. The molecule has 1 saturated heterocycles. The molecule has 0 spiro atoms. The van der Waals surface area contributed by atoms with Crippen LogP contribution in [0.25, 0.3) is 11.1 Å². The minimum Gasteiger partial charge on any atom is -0.493 e. The molecule has 7 rings (SSSR count). The number of anilines is 4. The largest absolute Gasteiger partial charge is 0.493 e. The smallest absolute Gasteiger partial charge is 0.272 e. The lowest BCUT2D eigenvalue weighted by atomic mass is 10.0. The van der Waals surface area contributed by atoms with Gasteiger partial charge in [-0.15, -0.1) is 0 Å². The number of hydrogen-bond donors (Lipinski definition) is 4. The number of carbonyl (C=O) groups excluding carboxylic acids is 5. The number of carbonyl (C=O) groups is 5. The number of nitrogens with zero attached hydrogens (tertiary/aromatic N) is 4. The van der Waals surface area contributed by atoms with Crippen LogP contribution in [0.2, 0.25) is 0 Å². The monoisotopic (exact) mass is 798 g/mol. The summed E-state index contributed by atoms with van der Waals surface area (Å²) in [5, 5.41) is 11.3. The number of amides is 5. The lowest BCUT2D eigenvalue weighted by Gasteiger charge is -2.32. The van der Waals surface area contributed by atoms with Crippen molar-refractivity contribution in [1.29, 1.82) is 0 Å². The first kappa shape index (κ1) is 40.1. The van der Waals surface area contributed by atoms with E-state index in [1.807, 2.05) is 29.4 Å². The van der Waals surface area contributed by atoms with E-state index in [9.17, 15) is 24.0 Å². The van der Waals surface area contributed by atoms with Crippen LogP contribution in [0.15, 0.2) is 90.2 Å². The van der Waals surface area contributed by atoms with Crippen molar-refractivity contribution in [3.05, 3.63) is 102 Å². The molecule has 4 heterocycles. The number of fused-ring (bicyclic) bond motifs is 2. The lowest BCUT2D eigenvalue weighted by molar-refractivity contribution is -0.116. The molecule has 15 heteroatoms. The van der Waals surface area contributed by atoms with Crippen molar-refractivity contribution in [2.45, 2.75) is 45.1 Å². The highest BCUT2D eigenvalue weighted by Crippen LogP contribution is 2.38. The number of methoxy groups -OCH3 is 1. The van der Waals surface area contributed by atoms with Crippen molar-refractivity contribution in [2.24, 2.45) is 19.1 Å². The van der Waals surface area contributed by atoms with Gasteiger partial charge in [0.25, 0.3) is 17.7 Å². The van der Waals surface area contributed by atoms with E-state index in [-0.39, 0.29) is 48.6 Å². The van der Waals surface area contributed by atoms with Gasteiger partial charge in [0, 0.05) is 81.3 Å². The van der Waals surface area contributed by atoms with Gasteiger partial charge in [0.05, 0.1) is 36.7 Å². The molecule has 0 bridgehead atoms. The Labute approximate surface area is 341 Å². The summed E-state index contributed by atoms with van der Waals surface area (Å²) >= 11 is 0. The van der Waals surface area contributed by atoms with E-state index in [0.717, 1.165) is 30.4 Å². The minimum atomic E-state index is -0.352. The van der Waals surface area contributed by atoms with Crippen molar-refractivity contribution in [1.82, 2.24) is 14.0 Å². The Morgan fingerprint density at radius 2 is 1.39 bits per heavy atom. The molecule has 0 unspecified atom stereocenters. The van der Waals surface area contributed by atoms with Crippen LogP contribution < -0.4 is 30.7 Å². The fourth-order valence-corrected chi connectivity index (χ4v) is 7.21. The number of aryl methyl sites for hydroxylation is 2.